The van der Waals surface area contributed by atoms with E-state index in [1.165, 1.54) is 22.0 Å². The highest BCUT2D eigenvalue weighted by Crippen LogP contribution is 2.37. The normalized spacial score (nSPS) is 13.1. The number of ether oxygens (including phenoxy) is 2. The Kier molecular flexibility index (Phi) is 7.72. The molecule has 0 aliphatic heterocycles. The highest BCUT2D eigenvalue weighted by molar-refractivity contribution is 7.07. The second-order valence-electron chi connectivity index (χ2n) is 7.68. The summed E-state index contributed by atoms with van der Waals surface area (Å²) in [5.41, 5.74) is 0.0660. The Morgan fingerprint density at radius 2 is 1.93 bits per heavy atom. The van der Waals surface area contributed by atoms with Gasteiger partial charge in [-0.25, -0.2) is 0 Å². The molecule has 2 rings (SSSR count). The Morgan fingerprint density at radius 3 is 2.52 bits per heavy atom. The fourth-order valence-electron chi connectivity index (χ4n) is 2.47. The summed E-state index contributed by atoms with van der Waals surface area (Å²) >= 11 is 7.68. The summed E-state index contributed by atoms with van der Waals surface area (Å²) in [5.74, 6) is 1.03. The van der Waals surface area contributed by atoms with Crippen LogP contribution in [0, 0.1) is 5.41 Å². The zero-order valence-electron chi connectivity index (χ0n) is 17.8. The second kappa shape index (κ2) is 9.63. The first-order chi connectivity index (χ1) is 13.6. The average molecular weight is 438 g/mol. The van der Waals surface area contributed by atoms with E-state index in [0.29, 0.717) is 38.9 Å². The molecule has 0 saturated heterocycles. The molecule has 0 saturated carbocycles. The third kappa shape index (κ3) is 5.73. The summed E-state index contributed by atoms with van der Waals surface area (Å²) in [6.07, 6.45) is 4.14. The quantitative estimate of drug-likeness (QED) is 0.665. The highest BCUT2D eigenvalue weighted by Gasteiger charge is 2.19. The molecule has 0 radical (unpaired) electrons. The van der Waals surface area contributed by atoms with Gasteiger partial charge in [0.1, 0.15) is 4.66 Å². The van der Waals surface area contributed by atoms with Gasteiger partial charge in [0.25, 0.3) is 5.56 Å². The number of benzene rings is 1. The van der Waals surface area contributed by atoms with Crippen molar-refractivity contribution in [1.29, 1.82) is 0 Å². The molecule has 0 bridgehead atoms. The number of hydrogen-bond donors (Lipinski definition) is 0. The van der Waals surface area contributed by atoms with Gasteiger partial charge >= 0.3 is 0 Å². The van der Waals surface area contributed by atoms with Gasteiger partial charge in [-0.05, 0) is 37.1 Å². The highest BCUT2D eigenvalue weighted by atomic mass is 35.5. The number of aromatic nitrogens is 1. The third-order valence-corrected chi connectivity index (χ3v) is 5.53. The van der Waals surface area contributed by atoms with Crippen molar-refractivity contribution < 1.29 is 14.3 Å². The molecule has 1 aromatic carbocycles. The monoisotopic (exact) mass is 437 g/mol. The van der Waals surface area contributed by atoms with Crippen molar-refractivity contribution >= 4 is 40.9 Å². The first-order valence-electron chi connectivity index (χ1n) is 9.61. The van der Waals surface area contributed by atoms with E-state index in [4.69, 9.17) is 21.1 Å². The van der Waals surface area contributed by atoms with Crippen molar-refractivity contribution in [3.63, 3.8) is 0 Å². The Bertz CT molecular complexity index is 1060. The predicted molar refractivity (Wildman–Crippen MR) is 120 cm³/mol. The van der Waals surface area contributed by atoms with E-state index in [1.54, 1.807) is 19.2 Å². The summed E-state index contributed by atoms with van der Waals surface area (Å²) in [5, 5.41) is 0.429. The molecule has 0 spiro atoms. The zero-order chi connectivity index (χ0) is 21.8. The fraction of sp³-hybridized carbons (Fsp3) is 0.455. The molecule has 0 aliphatic carbocycles. The van der Waals surface area contributed by atoms with E-state index >= 15 is 0 Å². The van der Waals surface area contributed by atoms with Crippen molar-refractivity contribution in [1.82, 2.24) is 4.57 Å². The van der Waals surface area contributed by atoms with Crippen molar-refractivity contribution in [3.8, 4) is 11.5 Å². The largest absolute Gasteiger partial charge is 0.490 e. The van der Waals surface area contributed by atoms with Crippen LogP contribution in [0.5, 0.6) is 11.5 Å². The first kappa shape index (κ1) is 23.2. The molecular formula is C22H28ClNO4S. The summed E-state index contributed by atoms with van der Waals surface area (Å²) in [4.78, 5) is 25.0. The van der Waals surface area contributed by atoms with Crippen LogP contribution in [-0.4, -0.2) is 23.6 Å². The summed E-state index contributed by atoms with van der Waals surface area (Å²) < 4.78 is 14.0. The van der Waals surface area contributed by atoms with E-state index in [0.717, 1.165) is 12.0 Å². The van der Waals surface area contributed by atoms with E-state index in [1.807, 2.05) is 40.7 Å². The minimum atomic E-state index is -0.502. The van der Waals surface area contributed by atoms with Crippen LogP contribution in [0.2, 0.25) is 5.02 Å². The minimum absolute atomic E-state index is 0.0278. The van der Waals surface area contributed by atoms with Crippen molar-refractivity contribution in [3.05, 3.63) is 42.3 Å². The predicted octanol–water partition coefficient (Wildman–Crippen LogP) is 3.51. The van der Waals surface area contributed by atoms with Crippen LogP contribution in [-0.2, 0) is 11.8 Å². The number of carbonyl (C=O) groups is 1. The molecule has 0 N–H and O–H groups in total. The third-order valence-electron chi connectivity index (χ3n) is 4.13. The van der Waals surface area contributed by atoms with Gasteiger partial charge in [-0.15, -0.1) is 11.3 Å². The fourth-order valence-corrected chi connectivity index (χ4v) is 3.77. The van der Waals surface area contributed by atoms with Crippen molar-refractivity contribution in [2.45, 2.75) is 41.0 Å². The molecule has 0 aliphatic rings. The Balaban J connectivity index is 2.57. The van der Waals surface area contributed by atoms with Crippen LogP contribution in [0.3, 0.4) is 0 Å². The molecule has 1 aromatic heterocycles. The SMILES string of the molecule is CCCOc1c(Cl)cc(/C=c2\s/c(=C\C(=O)C(C)(C)C)n(C)c2=O)cc1OCC. The Labute approximate surface area is 180 Å². The molecule has 29 heavy (non-hydrogen) atoms. The van der Waals surface area contributed by atoms with Crippen LogP contribution in [0.4, 0.5) is 0 Å². The smallest absolute Gasteiger partial charge is 0.268 e. The second-order valence-corrected chi connectivity index (χ2v) is 9.15. The van der Waals surface area contributed by atoms with Gasteiger partial charge in [0.05, 0.1) is 22.8 Å². The maximum atomic E-state index is 12.7. The number of rotatable bonds is 7. The number of ketones is 1. The van der Waals surface area contributed by atoms with Crippen molar-refractivity contribution in [2.75, 3.05) is 13.2 Å². The molecule has 2 aromatic rings. The zero-order valence-corrected chi connectivity index (χ0v) is 19.4. The number of hydrogen-bond acceptors (Lipinski definition) is 5. The van der Waals surface area contributed by atoms with E-state index in [-0.39, 0.29) is 11.3 Å². The van der Waals surface area contributed by atoms with Crippen LogP contribution in [0.1, 0.15) is 46.6 Å². The number of halogens is 1. The van der Waals surface area contributed by atoms with Crippen LogP contribution in [0.15, 0.2) is 16.9 Å². The standard InChI is InChI=1S/C22H28ClNO4S/c1-7-9-28-20-15(23)10-14(11-16(20)27-8-2)12-17-21(26)24(6)19(29-17)13-18(25)22(3,4)5/h10-13H,7-9H2,1-6H3/b17-12-,19-13-. The van der Waals surface area contributed by atoms with Gasteiger partial charge in [-0.1, -0.05) is 39.3 Å². The number of Topliss-reactive ketones (excluding diaryl/α,β-unsaturated/α-hetero) is 1. The molecule has 0 amide bonds. The molecule has 158 valence electrons. The topological polar surface area (TPSA) is 57.5 Å². The van der Waals surface area contributed by atoms with Crippen LogP contribution >= 0.6 is 22.9 Å². The average Bonchev–Trinajstić information content (AvgIpc) is 2.88. The lowest BCUT2D eigenvalue weighted by Crippen LogP contribution is -2.30. The molecule has 5 nitrogen and oxygen atoms in total. The van der Waals surface area contributed by atoms with E-state index in [9.17, 15) is 9.59 Å². The van der Waals surface area contributed by atoms with E-state index < -0.39 is 5.41 Å². The van der Waals surface area contributed by atoms with Gasteiger partial charge in [0.2, 0.25) is 0 Å². The first-order valence-corrected chi connectivity index (χ1v) is 10.8. The maximum absolute atomic E-state index is 12.7. The summed E-state index contributed by atoms with van der Waals surface area (Å²) in [6.45, 7) is 10.5. The summed E-state index contributed by atoms with van der Waals surface area (Å²) in [6, 6.07) is 3.56. The van der Waals surface area contributed by atoms with Gasteiger partial charge in [-0.3, -0.25) is 9.59 Å². The Morgan fingerprint density at radius 1 is 1.24 bits per heavy atom. The van der Waals surface area contributed by atoms with Gasteiger partial charge in [0, 0.05) is 18.5 Å². The molecule has 0 unspecified atom stereocenters. The number of thiazole rings is 1. The molecule has 7 heteroatoms. The number of nitrogens with zero attached hydrogens (tertiary/aromatic N) is 1. The number of carbonyl (C=O) groups excluding carboxylic acids is 1. The van der Waals surface area contributed by atoms with Crippen LogP contribution in [0.25, 0.3) is 12.2 Å². The van der Waals surface area contributed by atoms with Crippen LogP contribution < -0.4 is 24.2 Å². The van der Waals surface area contributed by atoms with E-state index in [2.05, 4.69) is 0 Å². The van der Waals surface area contributed by atoms with Gasteiger partial charge in [-0.2, -0.15) is 0 Å². The lowest BCUT2D eigenvalue weighted by atomic mass is 9.91. The Hall–Kier alpha value is -2.05. The lowest BCUT2D eigenvalue weighted by Gasteiger charge is -2.13. The maximum Gasteiger partial charge on any atom is 0.268 e. The molecule has 1 heterocycles. The summed E-state index contributed by atoms with van der Waals surface area (Å²) in [7, 11) is 1.66. The molecule has 0 fully saturated rings. The lowest BCUT2D eigenvalue weighted by molar-refractivity contribution is -0.120. The van der Waals surface area contributed by atoms with Crippen molar-refractivity contribution in [2.24, 2.45) is 12.5 Å². The molecular weight excluding hydrogens is 410 g/mol. The molecule has 0 atom stereocenters. The minimum Gasteiger partial charge on any atom is -0.490 e. The van der Waals surface area contributed by atoms with Gasteiger partial charge in [0.15, 0.2) is 17.3 Å². The van der Waals surface area contributed by atoms with Gasteiger partial charge < -0.3 is 14.0 Å².